The van der Waals surface area contributed by atoms with Crippen molar-refractivity contribution in [1.29, 1.82) is 0 Å². The fraction of sp³-hybridized carbons (Fsp3) is 0.294. The second-order valence-electron chi connectivity index (χ2n) is 4.89. The molecule has 2 N–H and O–H groups in total. The van der Waals surface area contributed by atoms with Crippen LogP contribution in [0.4, 0.5) is 11.4 Å². The number of aryl methyl sites for hydroxylation is 1. The highest BCUT2D eigenvalue weighted by Crippen LogP contribution is 2.30. The number of anilines is 2. The summed E-state index contributed by atoms with van der Waals surface area (Å²) >= 11 is 6.11. The predicted molar refractivity (Wildman–Crippen MR) is 88.1 cm³/mol. The van der Waals surface area contributed by atoms with E-state index < -0.39 is 0 Å². The fourth-order valence-corrected chi connectivity index (χ4v) is 2.58. The third kappa shape index (κ3) is 3.33. The molecule has 0 aromatic heterocycles. The molecule has 2 aromatic rings. The van der Waals surface area contributed by atoms with Crippen molar-refractivity contribution < 1.29 is 0 Å². The molecule has 0 fully saturated rings. The van der Waals surface area contributed by atoms with Crippen LogP contribution in [0.2, 0.25) is 5.02 Å². The Hall–Kier alpha value is -1.51. The smallest absolute Gasteiger partial charge is 0.0444 e. The second kappa shape index (κ2) is 6.78. The monoisotopic (exact) mass is 288 g/mol. The van der Waals surface area contributed by atoms with Crippen molar-refractivity contribution in [2.45, 2.75) is 20.3 Å². The topological polar surface area (TPSA) is 29.3 Å². The molecule has 0 aliphatic carbocycles. The second-order valence-corrected chi connectivity index (χ2v) is 5.33. The number of rotatable bonds is 5. The minimum atomic E-state index is 0.624. The van der Waals surface area contributed by atoms with E-state index in [-0.39, 0.29) is 0 Å². The SMILES string of the molecule is CCN(c1ccc(C)cc1)c1ccc(Cl)cc1CCN. The molecular formula is C17H21ClN2. The van der Waals surface area contributed by atoms with Gasteiger partial charge in [-0.2, -0.15) is 0 Å². The Morgan fingerprint density at radius 2 is 1.80 bits per heavy atom. The molecule has 0 radical (unpaired) electrons. The van der Waals surface area contributed by atoms with E-state index in [1.807, 2.05) is 12.1 Å². The summed E-state index contributed by atoms with van der Waals surface area (Å²) in [6, 6.07) is 14.6. The molecule has 0 saturated heterocycles. The van der Waals surface area contributed by atoms with Crippen LogP contribution in [-0.4, -0.2) is 13.1 Å². The molecule has 20 heavy (non-hydrogen) atoms. The molecule has 2 rings (SSSR count). The average molecular weight is 289 g/mol. The van der Waals surface area contributed by atoms with Crippen LogP contribution in [0.3, 0.4) is 0 Å². The molecule has 0 bridgehead atoms. The van der Waals surface area contributed by atoms with Gasteiger partial charge in [0.2, 0.25) is 0 Å². The molecule has 0 amide bonds. The first kappa shape index (κ1) is 14.9. The van der Waals surface area contributed by atoms with Crippen LogP contribution in [0.1, 0.15) is 18.1 Å². The van der Waals surface area contributed by atoms with Crippen molar-refractivity contribution >= 4 is 23.0 Å². The van der Waals surface area contributed by atoms with Gasteiger partial charge in [-0.25, -0.2) is 0 Å². The fourth-order valence-electron chi connectivity index (χ4n) is 2.39. The first-order valence-electron chi connectivity index (χ1n) is 6.98. The number of hydrogen-bond acceptors (Lipinski definition) is 2. The summed E-state index contributed by atoms with van der Waals surface area (Å²) in [5.74, 6) is 0. The first-order valence-corrected chi connectivity index (χ1v) is 7.36. The number of nitrogens with two attached hydrogens (primary N) is 1. The van der Waals surface area contributed by atoms with Gasteiger partial charge in [-0.15, -0.1) is 0 Å². The van der Waals surface area contributed by atoms with E-state index in [2.05, 4.69) is 49.1 Å². The minimum absolute atomic E-state index is 0.624. The lowest BCUT2D eigenvalue weighted by molar-refractivity contribution is 0.942. The van der Waals surface area contributed by atoms with Gasteiger partial charge in [0.05, 0.1) is 0 Å². The van der Waals surface area contributed by atoms with Crippen molar-refractivity contribution in [2.24, 2.45) is 5.73 Å². The van der Waals surface area contributed by atoms with E-state index in [4.69, 9.17) is 17.3 Å². The number of halogens is 1. The number of hydrogen-bond donors (Lipinski definition) is 1. The Balaban J connectivity index is 2.43. The summed E-state index contributed by atoms with van der Waals surface area (Å²) in [6.07, 6.45) is 0.832. The minimum Gasteiger partial charge on any atom is -0.342 e. The maximum atomic E-state index is 6.11. The Morgan fingerprint density at radius 1 is 1.10 bits per heavy atom. The third-order valence-corrected chi connectivity index (χ3v) is 3.64. The summed E-state index contributed by atoms with van der Waals surface area (Å²) in [5.41, 5.74) is 10.6. The lowest BCUT2D eigenvalue weighted by atomic mass is 10.1. The van der Waals surface area contributed by atoms with Crippen LogP contribution < -0.4 is 10.6 Å². The summed E-state index contributed by atoms with van der Waals surface area (Å²) in [4.78, 5) is 2.29. The molecule has 3 heteroatoms. The van der Waals surface area contributed by atoms with Crippen molar-refractivity contribution in [3.63, 3.8) is 0 Å². The molecule has 0 spiro atoms. The number of nitrogens with zero attached hydrogens (tertiary/aromatic N) is 1. The Morgan fingerprint density at radius 3 is 2.40 bits per heavy atom. The van der Waals surface area contributed by atoms with E-state index in [1.165, 1.54) is 22.5 Å². The molecule has 0 aliphatic rings. The van der Waals surface area contributed by atoms with Crippen molar-refractivity contribution in [1.82, 2.24) is 0 Å². The van der Waals surface area contributed by atoms with E-state index in [0.717, 1.165) is 18.0 Å². The van der Waals surface area contributed by atoms with Crippen molar-refractivity contribution in [2.75, 3.05) is 18.0 Å². The summed E-state index contributed by atoms with van der Waals surface area (Å²) in [5, 5.41) is 0.761. The summed E-state index contributed by atoms with van der Waals surface area (Å²) < 4.78 is 0. The van der Waals surface area contributed by atoms with Crippen LogP contribution >= 0.6 is 11.6 Å². The summed E-state index contributed by atoms with van der Waals surface area (Å²) in [6.45, 7) is 5.78. The van der Waals surface area contributed by atoms with Gasteiger partial charge in [-0.3, -0.25) is 0 Å². The highest BCUT2D eigenvalue weighted by Gasteiger charge is 2.12. The molecule has 0 atom stereocenters. The highest BCUT2D eigenvalue weighted by atomic mass is 35.5. The van der Waals surface area contributed by atoms with Gasteiger partial charge in [0.25, 0.3) is 0 Å². The van der Waals surface area contributed by atoms with Gasteiger partial charge in [0.1, 0.15) is 0 Å². The quantitative estimate of drug-likeness (QED) is 0.888. The average Bonchev–Trinajstić information content (AvgIpc) is 2.44. The van der Waals surface area contributed by atoms with Crippen LogP contribution in [-0.2, 0) is 6.42 Å². The molecular weight excluding hydrogens is 268 g/mol. The molecule has 106 valence electrons. The highest BCUT2D eigenvalue weighted by molar-refractivity contribution is 6.30. The third-order valence-electron chi connectivity index (χ3n) is 3.41. The van der Waals surface area contributed by atoms with E-state index in [0.29, 0.717) is 6.54 Å². The van der Waals surface area contributed by atoms with Gasteiger partial charge in [0, 0.05) is 22.9 Å². The van der Waals surface area contributed by atoms with Gasteiger partial charge < -0.3 is 10.6 Å². The maximum absolute atomic E-state index is 6.11. The Bertz CT molecular complexity index is 564. The van der Waals surface area contributed by atoms with Crippen LogP contribution in [0.25, 0.3) is 0 Å². The lowest BCUT2D eigenvalue weighted by Crippen LogP contribution is -2.18. The normalized spacial score (nSPS) is 10.6. The first-order chi connectivity index (χ1) is 9.65. The van der Waals surface area contributed by atoms with Crippen LogP contribution in [0.5, 0.6) is 0 Å². The van der Waals surface area contributed by atoms with Gasteiger partial charge >= 0.3 is 0 Å². The van der Waals surface area contributed by atoms with Crippen molar-refractivity contribution in [3.8, 4) is 0 Å². The van der Waals surface area contributed by atoms with Crippen molar-refractivity contribution in [3.05, 3.63) is 58.6 Å². The van der Waals surface area contributed by atoms with Crippen LogP contribution in [0.15, 0.2) is 42.5 Å². The zero-order valence-electron chi connectivity index (χ0n) is 12.1. The molecule has 2 aromatic carbocycles. The summed E-state index contributed by atoms with van der Waals surface area (Å²) in [7, 11) is 0. The Labute approximate surface area is 126 Å². The molecule has 0 unspecified atom stereocenters. The van der Waals surface area contributed by atoms with E-state index in [1.54, 1.807) is 0 Å². The lowest BCUT2D eigenvalue weighted by Gasteiger charge is -2.26. The largest absolute Gasteiger partial charge is 0.342 e. The van der Waals surface area contributed by atoms with Gasteiger partial charge in [-0.1, -0.05) is 29.3 Å². The Kier molecular flexibility index (Phi) is 5.05. The zero-order chi connectivity index (χ0) is 14.5. The molecule has 0 heterocycles. The standard InChI is InChI=1S/C17H21ClN2/c1-3-20(16-7-4-13(2)5-8-16)17-9-6-15(18)12-14(17)10-11-19/h4-9,12H,3,10-11,19H2,1-2H3. The molecule has 0 aliphatic heterocycles. The van der Waals surface area contributed by atoms with Gasteiger partial charge in [0.15, 0.2) is 0 Å². The van der Waals surface area contributed by atoms with E-state index in [9.17, 15) is 0 Å². The van der Waals surface area contributed by atoms with E-state index >= 15 is 0 Å². The number of benzene rings is 2. The van der Waals surface area contributed by atoms with Gasteiger partial charge in [-0.05, 0) is 62.7 Å². The molecule has 2 nitrogen and oxygen atoms in total. The predicted octanol–water partition coefficient (Wildman–Crippen LogP) is 4.31. The molecule has 0 saturated carbocycles. The van der Waals surface area contributed by atoms with Crippen LogP contribution in [0, 0.1) is 6.92 Å². The zero-order valence-corrected chi connectivity index (χ0v) is 12.8. The maximum Gasteiger partial charge on any atom is 0.0444 e.